The Kier molecular flexibility index (Phi) is 9.10. The maximum Gasteiger partial charge on any atom is 0.227 e. The molecule has 0 aromatic heterocycles. The quantitative estimate of drug-likeness (QED) is 0.310. The van der Waals surface area contributed by atoms with Crippen LogP contribution in [0.2, 0.25) is 0 Å². The third-order valence-corrected chi connectivity index (χ3v) is 4.71. The zero-order valence-electron chi connectivity index (χ0n) is 17.3. The molecule has 7 nitrogen and oxygen atoms in total. The van der Waals surface area contributed by atoms with Crippen LogP contribution in [0.3, 0.4) is 0 Å². The lowest BCUT2D eigenvalue weighted by Gasteiger charge is -2.16. The highest BCUT2D eigenvalue weighted by molar-refractivity contribution is 14.0. The van der Waals surface area contributed by atoms with Gasteiger partial charge in [-0.05, 0) is 41.8 Å². The summed E-state index contributed by atoms with van der Waals surface area (Å²) >= 11 is 0. The summed E-state index contributed by atoms with van der Waals surface area (Å²) in [6, 6.07) is 15.7. The highest BCUT2D eigenvalue weighted by Crippen LogP contribution is 2.21. The smallest absolute Gasteiger partial charge is 0.227 e. The maximum atomic E-state index is 11.8. The van der Waals surface area contributed by atoms with E-state index >= 15 is 0 Å². The summed E-state index contributed by atoms with van der Waals surface area (Å²) < 4.78 is 0. The molecule has 1 heterocycles. The first kappa shape index (κ1) is 23.7. The van der Waals surface area contributed by atoms with E-state index in [1.165, 1.54) is 6.92 Å². The van der Waals surface area contributed by atoms with Crippen molar-refractivity contribution in [3.05, 3.63) is 59.7 Å². The van der Waals surface area contributed by atoms with Crippen molar-refractivity contribution in [3.8, 4) is 0 Å². The molecule has 0 atom stereocenters. The molecular weight excluding hydrogens is 493 g/mol. The molecule has 1 saturated heterocycles. The van der Waals surface area contributed by atoms with Crippen molar-refractivity contribution in [2.45, 2.75) is 32.9 Å². The van der Waals surface area contributed by atoms with Crippen molar-refractivity contribution >= 4 is 53.1 Å². The Morgan fingerprint density at radius 3 is 2.37 bits per heavy atom. The maximum absolute atomic E-state index is 11.8. The van der Waals surface area contributed by atoms with E-state index in [-0.39, 0.29) is 35.8 Å². The first-order valence-electron chi connectivity index (χ1n) is 9.75. The molecule has 2 aromatic carbocycles. The number of nitrogens with zero attached hydrogens (tertiary/aromatic N) is 2. The van der Waals surface area contributed by atoms with Gasteiger partial charge in [0.05, 0.1) is 0 Å². The highest BCUT2D eigenvalue weighted by atomic mass is 127. The summed E-state index contributed by atoms with van der Waals surface area (Å²) in [6.45, 7) is 3.51. The minimum absolute atomic E-state index is 0. The number of guanidine groups is 1. The first-order chi connectivity index (χ1) is 14.0. The Morgan fingerprint density at radius 1 is 1.07 bits per heavy atom. The fraction of sp³-hybridized carbons (Fsp3) is 0.318. The number of hydrogen-bond donors (Lipinski definition) is 3. The Bertz CT molecular complexity index is 899. The predicted molar refractivity (Wildman–Crippen MR) is 131 cm³/mol. The molecule has 0 saturated carbocycles. The van der Waals surface area contributed by atoms with Gasteiger partial charge < -0.3 is 20.9 Å². The lowest BCUT2D eigenvalue weighted by atomic mass is 10.2. The van der Waals surface area contributed by atoms with Gasteiger partial charge in [-0.3, -0.25) is 14.6 Å². The summed E-state index contributed by atoms with van der Waals surface area (Å²) in [5.41, 5.74) is 3.88. The molecule has 160 valence electrons. The molecule has 0 radical (unpaired) electrons. The molecule has 3 rings (SSSR count). The zero-order valence-corrected chi connectivity index (χ0v) is 19.6. The summed E-state index contributed by atoms with van der Waals surface area (Å²) in [7, 11) is 1.73. The van der Waals surface area contributed by atoms with Crippen LogP contribution in [0.25, 0.3) is 0 Å². The fourth-order valence-electron chi connectivity index (χ4n) is 3.27. The van der Waals surface area contributed by atoms with Crippen LogP contribution in [0.1, 0.15) is 30.9 Å². The topological polar surface area (TPSA) is 85.8 Å². The lowest BCUT2D eigenvalue weighted by Crippen LogP contribution is -2.36. The van der Waals surface area contributed by atoms with Crippen LogP contribution < -0.4 is 20.9 Å². The highest BCUT2D eigenvalue weighted by Gasteiger charge is 2.21. The summed E-state index contributed by atoms with van der Waals surface area (Å²) in [4.78, 5) is 29.1. The second-order valence-corrected chi connectivity index (χ2v) is 6.98. The van der Waals surface area contributed by atoms with Crippen molar-refractivity contribution in [3.63, 3.8) is 0 Å². The van der Waals surface area contributed by atoms with Crippen LogP contribution >= 0.6 is 24.0 Å². The molecule has 0 spiro atoms. The molecule has 0 bridgehead atoms. The van der Waals surface area contributed by atoms with E-state index in [1.807, 2.05) is 53.4 Å². The molecule has 8 heteroatoms. The number of rotatable bonds is 6. The SMILES string of the molecule is CN=C(NCc1ccc(N2CCCC2=O)cc1)NCc1cccc(NC(C)=O)c1.I. The molecule has 3 N–H and O–H groups in total. The van der Waals surface area contributed by atoms with Crippen LogP contribution in [-0.4, -0.2) is 31.4 Å². The number of benzene rings is 2. The van der Waals surface area contributed by atoms with E-state index in [0.29, 0.717) is 25.5 Å². The average Bonchev–Trinajstić information content (AvgIpc) is 3.14. The number of amides is 2. The van der Waals surface area contributed by atoms with Crippen molar-refractivity contribution in [2.24, 2.45) is 4.99 Å². The number of carbonyl (C=O) groups excluding carboxylic acids is 2. The van der Waals surface area contributed by atoms with Crippen LogP contribution in [0.15, 0.2) is 53.5 Å². The van der Waals surface area contributed by atoms with Gasteiger partial charge in [0, 0.05) is 51.4 Å². The number of nitrogens with one attached hydrogen (secondary N) is 3. The summed E-state index contributed by atoms with van der Waals surface area (Å²) in [5, 5.41) is 9.34. The van der Waals surface area contributed by atoms with Gasteiger partial charge in [0.1, 0.15) is 0 Å². The zero-order chi connectivity index (χ0) is 20.6. The fourth-order valence-corrected chi connectivity index (χ4v) is 3.27. The lowest BCUT2D eigenvalue weighted by molar-refractivity contribution is -0.117. The van der Waals surface area contributed by atoms with Crippen molar-refractivity contribution in [1.29, 1.82) is 0 Å². The summed E-state index contributed by atoms with van der Waals surface area (Å²) in [5.74, 6) is 0.796. The molecule has 30 heavy (non-hydrogen) atoms. The van der Waals surface area contributed by atoms with Crippen LogP contribution in [0.5, 0.6) is 0 Å². The van der Waals surface area contributed by atoms with E-state index in [1.54, 1.807) is 7.05 Å². The van der Waals surface area contributed by atoms with Gasteiger partial charge in [-0.2, -0.15) is 0 Å². The van der Waals surface area contributed by atoms with Crippen molar-refractivity contribution in [1.82, 2.24) is 10.6 Å². The Balaban J connectivity index is 0.00000320. The normalized spacial score (nSPS) is 13.6. The second-order valence-electron chi connectivity index (χ2n) is 6.98. The first-order valence-corrected chi connectivity index (χ1v) is 9.75. The van der Waals surface area contributed by atoms with Crippen molar-refractivity contribution < 1.29 is 9.59 Å². The molecule has 1 fully saturated rings. The minimum atomic E-state index is -0.0901. The van der Waals surface area contributed by atoms with Gasteiger partial charge in [-0.25, -0.2) is 0 Å². The standard InChI is InChI=1S/C22H27N5O2.HI/c1-16(28)26-19-6-3-5-18(13-19)15-25-22(23-2)24-14-17-8-10-20(11-9-17)27-12-4-7-21(27)29;/h3,5-6,8-11,13H,4,7,12,14-15H2,1-2H3,(H,26,28)(H2,23,24,25);1H. The van der Waals surface area contributed by atoms with Gasteiger partial charge in [0.2, 0.25) is 11.8 Å². The number of carbonyl (C=O) groups is 2. The van der Waals surface area contributed by atoms with Gasteiger partial charge in [-0.15, -0.1) is 24.0 Å². The van der Waals surface area contributed by atoms with Crippen LogP contribution in [0.4, 0.5) is 11.4 Å². The van der Waals surface area contributed by atoms with Crippen LogP contribution in [-0.2, 0) is 22.7 Å². The number of halogens is 1. The monoisotopic (exact) mass is 521 g/mol. The van der Waals surface area contributed by atoms with E-state index in [9.17, 15) is 9.59 Å². The molecule has 0 unspecified atom stereocenters. The third-order valence-electron chi connectivity index (χ3n) is 4.71. The molecule has 2 aromatic rings. The van der Waals surface area contributed by atoms with Crippen molar-refractivity contribution in [2.75, 3.05) is 23.8 Å². The molecular formula is C22H28IN5O2. The van der Waals surface area contributed by atoms with E-state index in [0.717, 1.165) is 35.5 Å². The Labute approximate surface area is 194 Å². The molecule has 1 aliphatic heterocycles. The van der Waals surface area contributed by atoms with Gasteiger partial charge >= 0.3 is 0 Å². The molecule has 1 aliphatic rings. The molecule has 2 amide bonds. The number of aliphatic imine (C=N–C) groups is 1. The van der Waals surface area contributed by atoms with E-state index in [4.69, 9.17) is 0 Å². The van der Waals surface area contributed by atoms with Gasteiger partial charge in [0.15, 0.2) is 5.96 Å². The summed E-state index contributed by atoms with van der Waals surface area (Å²) in [6.07, 6.45) is 1.57. The second kappa shape index (κ2) is 11.5. The largest absolute Gasteiger partial charge is 0.352 e. The van der Waals surface area contributed by atoms with Gasteiger partial charge in [0.25, 0.3) is 0 Å². The number of hydrogen-bond acceptors (Lipinski definition) is 3. The van der Waals surface area contributed by atoms with E-state index in [2.05, 4.69) is 20.9 Å². The Morgan fingerprint density at radius 2 is 1.77 bits per heavy atom. The average molecular weight is 521 g/mol. The minimum Gasteiger partial charge on any atom is -0.352 e. The third kappa shape index (κ3) is 6.72. The van der Waals surface area contributed by atoms with E-state index < -0.39 is 0 Å². The predicted octanol–water partition coefficient (Wildman–Crippen LogP) is 3.26. The van der Waals surface area contributed by atoms with Crippen LogP contribution in [0, 0.1) is 0 Å². The number of anilines is 2. The molecule has 0 aliphatic carbocycles. The van der Waals surface area contributed by atoms with Gasteiger partial charge in [-0.1, -0.05) is 24.3 Å². The Hall–Kier alpha value is -2.62.